The maximum atomic E-state index is 11.8. The number of amides is 1. The maximum absolute atomic E-state index is 11.8. The van der Waals surface area contributed by atoms with Gasteiger partial charge in [0.15, 0.2) is 0 Å². The first kappa shape index (κ1) is 12.7. The molecule has 0 spiro atoms. The van der Waals surface area contributed by atoms with Gasteiger partial charge in [-0.3, -0.25) is 9.89 Å². The Morgan fingerprint density at radius 1 is 1.30 bits per heavy atom. The predicted molar refractivity (Wildman–Crippen MR) is 74.5 cm³/mol. The molecular formula is C15H17N3O2. The van der Waals surface area contributed by atoms with Crippen LogP contribution in [-0.4, -0.2) is 29.3 Å². The number of hydrogen-bond acceptors (Lipinski definition) is 3. The number of aromatic nitrogens is 2. The number of benzene rings is 1. The van der Waals surface area contributed by atoms with Gasteiger partial charge in [-0.2, -0.15) is 5.10 Å². The monoisotopic (exact) mass is 271 g/mol. The summed E-state index contributed by atoms with van der Waals surface area (Å²) in [6.45, 7) is 1.28. The molecule has 1 aromatic carbocycles. The van der Waals surface area contributed by atoms with Crippen molar-refractivity contribution < 1.29 is 9.53 Å². The highest BCUT2D eigenvalue weighted by Gasteiger charge is 2.43. The Labute approximate surface area is 117 Å². The first-order valence-corrected chi connectivity index (χ1v) is 6.73. The van der Waals surface area contributed by atoms with Gasteiger partial charge in [-0.1, -0.05) is 18.2 Å². The molecule has 0 unspecified atom stereocenters. The molecule has 2 aromatic rings. The molecule has 1 amide bonds. The van der Waals surface area contributed by atoms with E-state index in [1.165, 1.54) is 0 Å². The second kappa shape index (κ2) is 5.36. The van der Waals surface area contributed by atoms with E-state index in [9.17, 15) is 4.79 Å². The number of rotatable bonds is 6. The van der Waals surface area contributed by atoms with Gasteiger partial charge >= 0.3 is 0 Å². The molecule has 1 aliphatic rings. The third-order valence-electron chi connectivity index (χ3n) is 3.61. The van der Waals surface area contributed by atoms with E-state index >= 15 is 0 Å². The van der Waals surface area contributed by atoms with E-state index in [1.807, 2.05) is 30.3 Å². The smallest absolute Gasteiger partial charge is 0.269 e. The zero-order valence-corrected chi connectivity index (χ0v) is 11.1. The Bertz CT molecular complexity index is 562. The normalized spacial score (nSPS) is 15.6. The minimum atomic E-state index is -0.117. The van der Waals surface area contributed by atoms with Crippen LogP contribution >= 0.6 is 0 Å². The van der Waals surface area contributed by atoms with Crippen LogP contribution in [0.5, 0.6) is 5.75 Å². The molecular weight excluding hydrogens is 254 g/mol. The molecule has 3 rings (SSSR count). The first-order chi connectivity index (χ1) is 9.77. The second-order valence-corrected chi connectivity index (χ2v) is 5.25. The van der Waals surface area contributed by atoms with Gasteiger partial charge in [0.25, 0.3) is 5.91 Å². The Balaban J connectivity index is 1.49. The molecule has 0 radical (unpaired) electrons. The molecule has 20 heavy (non-hydrogen) atoms. The molecule has 1 aliphatic carbocycles. The van der Waals surface area contributed by atoms with E-state index in [-0.39, 0.29) is 11.3 Å². The van der Waals surface area contributed by atoms with Crippen molar-refractivity contribution >= 4 is 5.91 Å². The molecule has 0 saturated heterocycles. The van der Waals surface area contributed by atoms with Crippen molar-refractivity contribution in [1.82, 2.24) is 15.5 Å². The Kier molecular flexibility index (Phi) is 3.41. The molecule has 1 aromatic heterocycles. The summed E-state index contributed by atoms with van der Waals surface area (Å²) in [6, 6.07) is 11.4. The van der Waals surface area contributed by atoms with Crippen molar-refractivity contribution in [2.24, 2.45) is 5.41 Å². The summed E-state index contributed by atoms with van der Waals surface area (Å²) in [7, 11) is 0. The SMILES string of the molecule is O=C(NCC1(COc2ccccc2)CC1)c1ccn[nH]1. The number of para-hydroxylation sites is 1. The fourth-order valence-corrected chi connectivity index (χ4v) is 2.05. The van der Waals surface area contributed by atoms with Crippen molar-refractivity contribution in [2.75, 3.05) is 13.2 Å². The molecule has 2 N–H and O–H groups in total. The van der Waals surface area contributed by atoms with Crippen molar-refractivity contribution in [3.8, 4) is 5.75 Å². The number of nitrogens with one attached hydrogen (secondary N) is 2. The Morgan fingerprint density at radius 3 is 2.75 bits per heavy atom. The highest BCUT2D eigenvalue weighted by atomic mass is 16.5. The van der Waals surface area contributed by atoms with Gasteiger partial charge in [-0.05, 0) is 31.0 Å². The van der Waals surface area contributed by atoms with Crippen LogP contribution in [0.4, 0.5) is 0 Å². The van der Waals surface area contributed by atoms with Crippen molar-refractivity contribution in [2.45, 2.75) is 12.8 Å². The lowest BCUT2D eigenvalue weighted by molar-refractivity contribution is 0.0932. The summed E-state index contributed by atoms with van der Waals surface area (Å²) < 4.78 is 5.78. The summed E-state index contributed by atoms with van der Waals surface area (Å²) in [6.07, 6.45) is 3.74. The number of hydrogen-bond donors (Lipinski definition) is 2. The summed E-state index contributed by atoms with van der Waals surface area (Å²) in [4.78, 5) is 11.8. The quantitative estimate of drug-likeness (QED) is 0.844. The third-order valence-corrected chi connectivity index (χ3v) is 3.61. The number of ether oxygens (including phenoxy) is 1. The average Bonchev–Trinajstić information content (AvgIpc) is 3.04. The van der Waals surface area contributed by atoms with Gasteiger partial charge in [0.05, 0.1) is 6.61 Å². The standard InChI is InChI=1S/C15H17N3O2/c19-14(13-6-9-17-18-13)16-10-15(7-8-15)11-20-12-4-2-1-3-5-12/h1-6,9H,7-8,10-11H2,(H,16,19)(H,17,18). The zero-order chi connectivity index (χ0) is 13.8. The predicted octanol–water partition coefficient (Wildman–Crippen LogP) is 2.00. The van der Waals surface area contributed by atoms with Gasteiger partial charge in [0.1, 0.15) is 11.4 Å². The van der Waals surface area contributed by atoms with Crippen LogP contribution in [0.15, 0.2) is 42.6 Å². The maximum Gasteiger partial charge on any atom is 0.269 e. The zero-order valence-electron chi connectivity index (χ0n) is 11.1. The van der Waals surface area contributed by atoms with E-state index in [0.29, 0.717) is 18.8 Å². The molecule has 0 aliphatic heterocycles. The van der Waals surface area contributed by atoms with Crippen LogP contribution in [0.2, 0.25) is 0 Å². The van der Waals surface area contributed by atoms with Crippen LogP contribution in [0.3, 0.4) is 0 Å². The Morgan fingerprint density at radius 2 is 2.10 bits per heavy atom. The lowest BCUT2D eigenvalue weighted by Crippen LogP contribution is -2.33. The topological polar surface area (TPSA) is 67.0 Å². The fraction of sp³-hybridized carbons (Fsp3) is 0.333. The molecule has 5 heteroatoms. The lowest BCUT2D eigenvalue weighted by atomic mass is 10.1. The number of nitrogens with zero attached hydrogens (tertiary/aromatic N) is 1. The van der Waals surface area contributed by atoms with Gasteiger partial charge in [-0.25, -0.2) is 0 Å². The fourth-order valence-electron chi connectivity index (χ4n) is 2.05. The highest BCUT2D eigenvalue weighted by molar-refractivity contribution is 5.92. The molecule has 5 nitrogen and oxygen atoms in total. The van der Waals surface area contributed by atoms with Gasteiger partial charge in [0.2, 0.25) is 0 Å². The number of carbonyl (C=O) groups excluding carboxylic acids is 1. The molecule has 1 heterocycles. The van der Waals surface area contributed by atoms with Crippen molar-refractivity contribution in [3.63, 3.8) is 0 Å². The van der Waals surface area contributed by atoms with Crippen molar-refractivity contribution in [1.29, 1.82) is 0 Å². The van der Waals surface area contributed by atoms with Crippen LogP contribution in [0, 0.1) is 5.41 Å². The Hall–Kier alpha value is -2.30. The van der Waals surface area contributed by atoms with Crippen LogP contribution in [0.25, 0.3) is 0 Å². The molecule has 104 valence electrons. The number of carbonyl (C=O) groups is 1. The van der Waals surface area contributed by atoms with Gasteiger partial charge in [0, 0.05) is 18.2 Å². The lowest BCUT2D eigenvalue weighted by Gasteiger charge is -2.16. The minimum absolute atomic E-state index is 0.0888. The average molecular weight is 271 g/mol. The second-order valence-electron chi connectivity index (χ2n) is 5.25. The van der Waals surface area contributed by atoms with E-state index in [2.05, 4.69) is 15.5 Å². The van der Waals surface area contributed by atoms with Gasteiger partial charge < -0.3 is 10.1 Å². The van der Waals surface area contributed by atoms with Crippen LogP contribution in [0.1, 0.15) is 23.3 Å². The third kappa shape index (κ3) is 2.99. The molecule has 1 saturated carbocycles. The number of aromatic amines is 1. The van der Waals surface area contributed by atoms with E-state index in [0.717, 1.165) is 18.6 Å². The first-order valence-electron chi connectivity index (χ1n) is 6.73. The molecule has 0 atom stereocenters. The number of H-pyrrole nitrogens is 1. The minimum Gasteiger partial charge on any atom is -0.493 e. The van der Waals surface area contributed by atoms with E-state index in [1.54, 1.807) is 12.3 Å². The van der Waals surface area contributed by atoms with E-state index in [4.69, 9.17) is 4.74 Å². The summed E-state index contributed by atoms with van der Waals surface area (Å²) in [5.41, 5.74) is 0.579. The van der Waals surface area contributed by atoms with Crippen LogP contribution < -0.4 is 10.1 Å². The molecule has 1 fully saturated rings. The highest BCUT2D eigenvalue weighted by Crippen LogP contribution is 2.45. The summed E-state index contributed by atoms with van der Waals surface area (Å²) in [5.74, 6) is 0.757. The summed E-state index contributed by atoms with van der Waals surface area (Å²) in [5, 5.41) is 9.36. The van der Waals surface area contributed by atoms with Crippen LogP contribution in [-0.2, 0) is 0 Å². The van der Waals surface area contributed by atoms with Crippen molar-refractivity contribution in [3.05, 3.63) is 48.3 Å². The largest absolute Gasteiger partial charge is 0.493 e. The molecule has 0 bridgehead atoms. The van der Waals surface area contributed by atoms with Gasteiger partial charge in [-0.15, -0.1) is 0 Å². The summed E-state index contributed by atoms with van der Waals surface area (Å²) >= 11 is 0. The van der Waals surface area contributed by atoms with E-state index < -0.39 is 0 Å².